The first-order valence-corrected chi connectivity index (χ1v) is 4.69. The Hall–Kier alpha value is -1.03. The van der Waals surface area contributed by atoms with E-state index in [4.69, 9.17) is 5.11 Å². The Bertz CT molecular complexity index is 341. The molecule has 10 heteroatoms. The van der Waals surface area contributed by atoms with Gasteiger partial charge in [-0.1, -0.05) is 0 Å². The molecule has 1 atom stereocenters. The van der Waals surface area contributed by atoms with Crippen molar-refractivity contribution in [2.45, 2.75) is 18.7 Å². The Morgan fingerprint density at radius 2 is 2.00 bits per heavy atom. The van der Waals surface area contributed by atoms with Crippen LogP contribution in [-0.2, 0) is 6.18 Å². The number of hydrogen-bond donors (Lipinski definition) is 2. The SMILES string of the molecule is OC(CNc1nc(C(F)(F)F)ns1)C(F)F. The van der Waals surface area contributed by atoms with Crippen LogP contribution in [0.25, 0.3) is 0 Å². The zero-order chi connectivity index (χ0) is 12.3. The summed E-state index contributed by atoms with van der Waals surface area (Å²) in [4.78, 5) is 3.03. The normalized spacial score (nSPS) is 14.2. The lowest BCUT2D eigenvalue weighted by Gasteiger charge is -2.08. The average Bonchev–Trinajstić information content (AvgIpc) is 2.61. The maximum absolute atomic E-state index is 12.0. The lowest BCUT2D eigenvalue weighted by Crippen LogP contribution is -2.26. The lowest BCUT2D eigenvalue weighted by molar-refractivity contribution is -0.144. The highest BCUT2D eigenvalue weighted by atomic mass is 32.1. The third-order valence-electron chi connectivity index (χ3n) is 1.43. The topological polar surface area (TPSA) is 58.0 Å². The summed E-state index contributed by atoms with van der Waals surface area (Å²) in [6, 6.07) is 0. The second kappa shape index (κ2) is 4.87. The van der Waals surface area contributed by atoms with Gasteiger partial charge < -0.3 is 10.4 Å². The molecular weight excluding hydrogens is 257 g/mol. The van der Waals surface area contributed by atoms with E-state index >= 15 is 0 Å². The first-order chi connectivity index (χ1) is 7.30. The number of halogens is 5. The van der Waals surface area contributed by atoms with Crippen molar-refractivity contribution >= 4 is 16.7 Å². The summed E-state index contributed by atoms with van der Waals surface area (Å²) in [5, 5.41) is 10.5. The van der Waals surface area contributed by atoms with Crippen LogP contribution in [0, 0.1) is 0 Å². The summed E-state index contributed by atoms with van der Waals surface area (Å²) in [5.74, 6) is -1.34. The van der Waals surface area contributed by atoms with Crippen molar-refractivity contribution in [3.8, 4) is 0 Å². The van der Waals surface area contributed by atoms with Crippen LogP contribution in [0.4, 0.5) is 27.1 Å². The number of nitrogens with zero attached hydrogens (tertiary/aromatic N) is 2. The monoisotopic (exact) mass is 263 g/mol. The van der Waals surface area contributed by atoms with E-state index in [1.54, 1.807) is 0 Å². The van der Waals surface area contributed by atoms with Gasteiger partial charge in [0.05, 0.1) is 0 Å². The Morgan fingerprint density at radius 3 is 2.44 bits per heavy atom. The zero-order valence-corrected chi connectivity index (χ0v) is 8.32. The standard InChI is InChI=1S/C6H6F5N3OS/c7-3(8)2(15)1-12-5-13-4(14-16-5)6(9,10)11/h2-3,15H,1H2,(H,12,13,14). The van der Waals surface area contributed by atoms with E-state index in [0.717, 1.165) is 0 Å². The van der Waals surface area contributed by atoms with Gasteiger partial charge in [0.2, 0.25) is 11.0 Å². The summed E-state index contributed by atoms with van der Waals surface area (Å²) in [5.41, 5.74) is 0. The smallest absolute Gasteiger partial charge is 0.385 e. The Labute approximate surface area is 90.3 Å². The minimum absolute atomic E-state index is 0.271. The van der Waals surface area contributed by atoms with Crippen LogP contribution in [0.1, 0.15) is 5.82 Å². The second-order valence-electron chi connectivity index (χ2n) is 2.70. The van der Waals surface area contributed by atoms with Crippen molar-refractivity contribution < 1.29 is 27.1 Å². The fraction of sp³-hybridized carbons (Fsp3) is 0.667. The molecule has 16 heavy (non-hydrogen) atoms. The molecule has 0 aromatic carbocycles. The molecule has 1 aromatic rings. The maximum Gasteiger partial charge on any atom is 0.452 e. The molecule has 0 saturated heterocycles. The average molecular weight is 263 g/mol. The number of anilines is 1. The van der Waals surface area contributed by atoms with E-state index in [1.807, 2.05) is 0 Å². The zero-order valence-electron chi connectivity index (χ0n) is 7.50. The van der Waals surface area contributed by atoms with Gasteiger partial charge in [0.1, 0.15) is 6.10 Å². The Morgan fingerprint density at radius 1 is 1.38 bits per heavy atom. The number of nitrogens with one attached hydrogen (secondary N) is 1. The van der Waals surface area contributed by atoms with Crippen molar-refractivity contribution in [2.24, 2.45) is 0 Å². The summed E-state index contributed by atoms with van der Waals surface area (Å²) < 4.78 is 62.7. The van der Waals surface area contributed by atoms with E-state index in [-0.39, 0.29) is 5.13 Å². The molecule has 1 aromatic heterocycles. The molecule has 0 aliphatic carbocycles. The van der Waals surface area contributed by atoms with E-state index < -0.39 is 31.1 Å². The van der Waals surface area contributed by atoms with Crippen LogP contribution in [0.15, 0.2) is 0 Å². The van der Waals surface area contributed by atoms with Gasteiger partial charge in [0.25, 0.3) is 6.43 Å². The Kier molecular flexibility index (Phi) is 3.97. The molecule has 0 spiro atoms. The number of aromatic nitrogens is 2. The van der Waals surface area contributed by atoms with E-state index in [2.05, 4.69) is 14.7 Å². The highest BCUT2D eigenvalue weighted by Crippen LogP contribution is 2.28. The van der Waals surface area contributed by atoms with Crippen molar-refractivity contribution in [3.05, 3.63) is 5.82 Å². The van der Waals surface area contributed by atoms with E-state index in [0.29, 0.717) is 11.5 Å². The molecule has 0 aliphatic heterocycles. The van der Waals surface area contributed by atoms with E-state index in [1.165, 1.54) is 0 Å². The molecule has 0 fully saturated rings. The fourth-order valence-electron chi connectivity index (χ4n) is 0.691. The molecule has 0 radical (unpaired) electrons. The third kappa shape index (κ3) is 3.52. The van der Waals surface area contributed by atoms with Crippen molar-refractivity contribution in [1.82, 2.24) is 9.36 Å². The van der Waals surface area contributed by atoms with Gasteiger partial charge in [0, 0.05) is 18.1 Å². The van der Waals surface area contributed by atoms with Gasteiger partial charge in [-0.2, -0.15) is 22.5 Å². The molecule has 2 N–H and O–H groups in total. The first-order valence-electron chi connectivity index (χ1n) is 3.91. The number of aliphatic hydroxyl groups is 1. The van der Waals surface area contributed by atoms with Gasteiger partial charge in [-0.05, 0) is 0 Å². The van der Waals surface area contributed by atoms with Crippen LogP contribution < -0.4 is 5.32 Å². The lowest BCUT2D eigenvalue weighted by atomic mass is 10.4. The molecule has 0 bridgehead atoms. The summed E-state index contributed by atoms with van der Waals surface area (Å²) in [6.07, 6.45) is -9.60. The van der Waals surface area contributed by atoms with Crippen molar-refractivity contribution in [3.63, 3.8) is 0 Å². The van der Waals surface area contributed by atoms with Crippen LogP contribution in [0.3, 0.4) is 0 Å². The number of alkyl halides is 5. The van der Waals surface area contributed by atoms with Gasteiger partial charge in [0.15, 0.2) is 0 Å². The summed E-state index contributed by atoms with van der Waals surface area (Å²) in [7, 11) is 0. The molecule has 1 unspecified atom stereocenters. The second-order valence-corrected chi connectivity index (χ2v) is 3.46. The number of rotatable bonds is 4. The molecule has 0 amide bonds. The van der Waals surface area contributed by atoms with Crippen LogP contribution in [0.5, 0.6) is 0 Å². The van der Waals surface area contributed by atoms with Crippen LogP contribution >= 0.6 is 11.5 Å². The minimum atomic E-state index is -4.67. The summed E-state index contributed by atoms with van der Waals surface area (Å²) in [6.45, 7) is -0.593. The molecule has 0 saturated carbocycles. The molecular formula is C6H6F5N3OS. The molecule has 1 rings (SSSR count). The molecule has 1 heterocycles. The molecule has 0 aliphatic rings. The van der Waals surface area contributed by atoms with Gasteiger partial charge in [-0.25, -0.2) is 8.78 Å². The number of aliphatic hydroxyl groups excluding tert-OH is 1. The van der Waals surface area contributed by atoms with Gasteiger partial charge in [-0.15, -0.1) is 0 Å². The first kappa shape index (κ1) is 13.0. The van der Waals surface area contributed by atoms with Crippen LogP contribution in [-0.4, -0.2) is 33.5 Å². The highest BCUT2D eigenvalue weighted by Gasteiger charge is 2.36. The quantitative estimate of drug-likeness (QED) is 0.810. The largest absolute Gasteiger partial charge is 0.452 e. The van der Waals surface area contributed by atoms with Gasteiger partial charge >= 0.3 is 6.18 Å². The fourth-order valence-corrected chi connectivity index (χ4v) is 1.28. The molecule has 92 valence electrons. The predicted octanol–water partition coefficient (Wildman–Crippen LogP) is 1.59. The summed E-state index contributed by atoms with van der Waals surface area (Å²) >= 11 is 0.382. The predicted molar refractivity (Wildman–Crippen MR) is 45.4 cm³/mol. The van der Waals surface area contributed by atoms with Gasteiger partial charge in [-0.3, -0.25) is 0 Å². The third-order valence-corrected chi connectivity index (χ3v) is 2.11. The minimum Gasteiger partial charge on any atom is -0.385 e. The van der Waals surface area contributed by atoms with E-state index in [9.17, 15) is 22.0 Å². The van der Waals surface area contributed by atoms with Crippen molar-refractivity contribution in [1.29, 1.82) is 0 Å². The van der Waals surface area contributed by atoms with Crippen LogP contribution in [0.2, 0.25) is 0 Å². The van der Waals surface area contributed by atoms with Crippen molar-refractivity contribution in [2.75, 3.05) is 11.9 Å². The molecule has 4 nitrogen and oxygen atoms in total. The highest BCUT2D eigenvalue weighted by molar-refractivity contribution is 7.09. The maximum atomic E-state index is 12.0. The Balaban J connectivity index is 2.53. The number of hydrogen-bond acceptors (Lipinski definition) is 5.